The van der Waals surface area contributed by atoms with E-state index in [4.69, 9.17) is 4.74 Å². The van der Waals surface area contributed by atoms with Gasteiger partial charge in [0, 0.05) is 5.56 Å². The predicted octanol–water partition coefficient (Wildman–Crippen LogP) is 4.12. The van der Waals surface area contributed by atoms with Crippen molar-refractivity contribution in [2.75, 3.05) is 6.26 Å². The molecule has 23 heavy (non-hydrogen) atoms. The number of aromatic hydroxyl groups is 1. The molecule has 1 aliphatic rings. The summed E-state index contributed by atoms with van der Waals surface area (Å²) in [6, 6.07) is 14.6. The van der Waals surface area contributed by atoms with Crippen molar-refractivity contribution in [3.8, 4) is 11.8 Å². The van der Waals surface area contributed by atoms with E-state index in [9.17, 15) is 5.11 Å². The fourth-order valence-corrected chi connectivity index (χ4v) is 3.41. The second-order valence-electron chi connectivity index (χ2n) is 5.53. The maximum absolute atomic E-state index is 10.1. The van der Waals surface area contributed by atoms with Crippen molar-refractivity contribution < 1.29 is 9.84 Å². The predicted molar refractivity (Wildman–Crippen MR) is 91.1 cm³/mol. The molecule has 1 N–H and O–H groups in total. The molecule has 0 radical (unpaired) electrons. The van der Waals surface area contributed by atoms with Crippen molar-refractivity contribution in [1.29, 1.82) is 0 Å². The highest BCUT2D eigenvalue weighted by atomic mass is 32.2. The average Bonchev–Trinajstić information content (AvgIpc) is 2.60. The monoisotopic (exact) mass is 324 g/mol. The summed E-state index contributed by atoms with van der Waals surface area (Å²) in [6.45, 7) is 0. The molecule has 4 rings (SSSR count). The summed E-state index contributed by atoms with van der Waals surface area (Å²) in [7, 11) is 0. The van der Waals surface area contributed by atoms with Gasteiger partial charge in [-0.15, -0.1) is 0 Å². The fraction of sp³-hybridized carbons (Fsp3) is 0.222. The van der Waals surface area contributed by atoms with Gasteiger partial charge in [0.15, 0.2) is 5.16 Å². The SMILES string of the molecule is CSc1nc(O)c2c(n1)OC(c1cccc3ccccc13)CC2. The van der Waals surface area contributed by atoms with Crippen molar-refractivity contribution in [3.05, 3.63) is 53.6 Å². The van der Waals surface area contributed by atoms with Gasteiger partial charge in [0.05, 0.1) is 5.56 Å². The molecule has 0 spiro atoms. The number of nitrogens with zero attached hydrogens (tertiary/aromatic N) is 2. The Morgan fingerprint density at radius 3 is 2.83 bits per heavy atom. The number of rotatable bonds is 2. The van der Waals surface area contributed by atoms with Crippen LogP contribution in [0.15, 0.2) is 47.6 Å². The molecule has 5 heteroatoms. The molecule has 1 aliphatic heterocycles. The van der Waals surface area contributed by atoms with E-state index in [1.807, 2.05) is 18.4 Å². The van der Waals surface area contributed by atoms with E-state index in [1.165, 1.54) is 22.5 Å². The van der Waals surface area contributed by atoms with E-state index in [1.54, 1.807) is 0 Å². The van der Waals surface area contributed by atoms with Crippen molar-refractivity contribution in [1.82, 2.24) is 9.97 Å². The first-order valence-corrected chi connectivity index (χ1v) is 8.77. The van der Waals surface area contributed by atoms with E-state index >= 15 is 0 Å². The second-order valence-corrected chi connectivity index (χ2v) is 6.30. The van der Waals surface area contributed by atoms with Gasteiger partial charge in [-0.1, -0.05) is 54.2 Å². The third-order valence-corrected chi connectivity index (χ3v) is 4.74. The highest BCUT2D eigenvalue weighted by Gasteiger charge is 2.27. The van der Waals surface area contributed by atoms with Gasteiger partial charge in [-0.3, -0.25) is 0 Å². The van der Waals surface area contributed by atoms with Crippen molar-refractivity contribution in [2.45, 2.75) is 24.1 Å². The maximum Gasteiger partial charge on any atom is 0.225 e. The van der Waals surface area contributed by atoms with E-state index < -0.39 is 0 Å². The van der Waals surface area contributed by atoms with Crippen LogP contribution in [0.5, 0.6) is 11.8 Å². The summed E-state index contributed by atoms with van der Waals surface area (Å²) >= 11 is 1.39. The molecule has 1 aromatic heterocycles. The lowest BCUT2D eigenvalue weighted by Gasteiger charge is -2.26. The third-order valence-electron chi connectivity index (χ3n) is 4.19. The van der Waals surface area contributed by atoms with Gasteiger partial charge in [-0.2, -0.15) is 9.97 Å². The molecule has 2 heterocycles. The first-order valence-electron chi connectivity index (χ1n) is 7.54. The Morgan fingerprint density at radius 2 is 1.96 bits per heavy atom. The lowest BCUT2D eigenvalue weighted by atomic mass is 9.95. The zero-order valence-corrected chi connectivity index (χ0v) is 13.5. The highest BCUT2D eigenvalue weighted by Crippen LogP contribution is 2.39. The quantitative estimate of drug-likeness (QED) is 0.567. The van der Waals surface area contributed by atoms with Crippen molar-refractivity contribution in [3.63, 3.8) is 0 Å². The summed E-state index contributed by atoms with van der Waals surface area (Å²) in [5, 5.41) is 13.0. The lowest BCUT2D eigenvalue weighted by molar-refractivity contribution is 0.164. The molecule has 3 aromatic rings. The molecular formula is C18H16N2O2S. The van der Waals surface area contributed by atoms with Gasteiger partial charge < -0.3 is 9.84 Å². The minimum atomic E-state index is -0.0578. The molecular weight excluding hydrogens is 308 g/mol. The van der Waals surface area contributed by atoms with E-state index in [0.29, 0.717) is 23.0 Å². The normalized spacial score (nSPS) is 16.8. The van der Waals surface area contributed by atoms with E-state index in [-0.39, 0.29) is 12.0 Å². The molecule has 2 aromatic carbocycles. The summed E-state index contributed by atoms with van der Waals surface area (Å²) in [4.78, 5) is 8.50. The zero-order valence-electron chi connectivity index (χ0n) is 12.7. The number of aromatic nitrogens is 2. The van der Waals surface area contributed by atoms with Gasteiger partial charge in [0.2, 0.25) is 11.8 Å². The fourth-order valence-electron chi connectivity index (χ4n) is 3.06. The minimum absolute atomic E-state index is 0.0377. The van der Waals surface area contributed by atoms with Crippen LogP contribution in [-0.4, -0.2) is 21.3 Å². The van der Waals surface area contributed by atoms with Crippen LogP contribution in [-0.2, 0) is 6.42 Å². The molecule has 1 atom stereocenters. The van der Waals surface area contributed by atoms with E-state index in [2.05, 4.69) is 40.3 Å². The number of thioether (sulfide) groups is 1. The maximum atomic E-state index is 10.1. The molecule has 0 saturated heterocycles. The smallest absolute Gasteiger partial charge is 0.225 e. The Morgan fingerprint density at radius 1 is 1.13 bits per heavy atom. The molecule has 116 valence electrons. The number of benzene rings is 2. The molecule has 0 aliphatic carbocycles. The topological polar surface area (TPSA) is 55.2 Å². The van der Waals surface area contributed by atoms with Crippen LogP contribution in [0.25, 0.3) is 10.8 Å². The van der Waals surface area contributed by atoms with Crippen molar-refractivity contribution >= 4 is 22.5 Å². The lowest BCUT2D eigenvalue weighted by Crippen LogP contribution is -2.17. The van der Waals surface area contributed by atoms with Gasteiger partial charge in [0.25, 0.3) is 0 Å². The molecule has 4 nitrogen and oxygen atoms in total. The van der Waals surface area contributed by atoms with Crippen LogP contribution in [0, 0.1) is 0 Å². The first-order chi connectivity index (χ1) is 11.3. The number of fused-ring (bicyclic) bond motifs is 2. The van der Waals surface area contributed by atoms with Crippen molar-refractivity contribution in [2.24, 2.45) is 0 Å². The third kappa shape index (κ3) is 2.51. The van der Waals surface area contributed by atoms with Gasteiger partial charge >= 0.3 is 0 Å². The summed E-state index contributed by atoms with van der Waals surface area (Å²) in [5.41, 5.74) is 1.87. The Labute approximate surface area is 138 Å². The largest absolute Gasteiger partial charge is 0.493 e. The first kappa shape index (κ1) is 14.3. The van der Waals surface area contributed by atoms with Crippen LogP contribution in [0.3, 0.4) is 0 Å². The highest BCUT2D eigenvalue weighted by molar-refractivity contribution is 7.98. The Kier molecular flexibility index (Phi) is 3.58. The van der Waals surface area contributed by atoms with Gasteiger partial charge in [-0.25, -0.2) is 0 Å². The Hall–Kier alpha value is -2.27. The molecule has 1 unspecified atom stereocenters. The van der Waals surface area contributed by atoms with E-state index in [0.717, 1.165) is 12.0 Å². The minimum Gasteiger partial charge on any atom is -0.493 e. The molecule has 0 bridgehead atoms. The second kappa shape index (κ2) is 5.74. The number of hydrogen-bond donors (Lipinski definition) is 1. The Balaban J connectivity index is 1.76. The Bertz CT molecular complexity index is 877. The summed E-state index contributed by atoms with van der Waals surface area (Å²) in [5.74, 6) is 0.543. The molecule has 0 saturated carbocycles. The standard InChI is InChI=1S/C18H16N2O2S/c1-23-18-19-16(21)14-9-10-15(22-17(14)20-18)13-8-4-6-11-5-2-3-7-12(11)13/h2-8,15H,9-10H2,1H3,(H,19,20,21). The summed E-state index contributed by atoms with van der Waals surface area (Å²) in [6.07, 6.45) is 3.34. The number of hydrogen-bond acceptors (Lipinski definition) is 5. The molecule has 0 amide bonds. The van der Waals surface area contributed by atoms with Crippen LogP contribution < -0.4 is 4.74 Å². The van der Waals surface area contributed by atoms with Crippen LogP contribution in [0.4, 0.5) is 0 Å². The number of ether oxygens (including phenoxy) is 1. The zero-order chi connectivity index (χ0) is 15.8. The van der Waals surface area contributed by atoms with Crippen LogP contribution >= 0.6 is 11.8 Å². The summed E-state index contributed by atoms with van der Waals surface area (Å²) < 4.78 is 6.12. The van der Waals surface area contributed by atoms with Crippen LogP contribution in [0.2, 0.25) is 0 Å². The van der Waals surface area contributed by atoms with Gasteiger partial charge in [-0.05, 0) is 29.9 Å². The van der Waals surface area contributed by atoms with Crippen LogP contribution in [0.1, 0.15) is 23.7 Å². The average molecular weight is 324 g/mol. The van der Waals surface area contributed by atoms with Gasteiger partial charge in [0.1, 0.15) is 6.10 Å². The molecule has 0 fully saturated rings.